The van der Waals surface area contributed by atoms with E-state index in [1.165, 1.54) is 17.2 Å². The smallest absolute Gasteiger partial charge is 0.350 e. The molecule has 5 nitrogen and oxygen atoms in total. The van der Waals surface area contributed by atoms with Gasteiger partial charge < -0.3 is 5.11 Å². The summed E-state index contributed by atoms with van der Waals surface area (Å²) >= 11 is 0. The Labute approximate surface area is 231 Å². The summed E-state index contributed by atoms with van der Waals surface area (Å²) in [5.74, 6) is -0.720. The van der Waals surface area contributed by atoms with E-state index >= 15 is 0 Å². The van der Waals surface area contributed by atoms with Crippen molar-refractivity contribution in [3.8, 4) is 11.1 Å². The number of benzene rings is 3. The molecule has 0 spiro atoms. The minimum Gasteiger partial charge on any atom is -0.481 e. The van der Waals surface area contributed by atoms with Gasteiger partial charge in [-0.25, -0.2) is 9.18 Å². The predicted molar refractivity (Wildman–Crippen MR) is 156 cm³/mol. The Kier molecular flexibility index (Phi) is 10.2. The summed E-state index contributed by atoms with van der Waals surface area (Å²) in [7, 11) is 0. The second kappa shape index (κ2) is 13.3. The van der Waals surface area contributed by atoms with Crippen LogP contribution in [0.15, 0.2) is 71.7 Å². The monoisotopic (exact) mass is 530 g/mol. The second-order valence-electron chi connectivity index (χ2n) is 10.8. The van der Waals surface area contributed by atoms with E-state index in [1.807, 2.05) is 31.2 Å². The van der Waals surface area contributed by atoms with Crippen LogP contribution in [0.3, 0.4) is 0 Å². The van der Waals surface area contributed by atoms with Gasteiger partial charge in [0.15, 0.2) is 0 Å². The molecule has 0 aromatic heterocycles. The zero-order valence-electron chi connectivity index (χ0n) is 23.6. The SMILES string of the molecule is CCN1C(=O)N=C1CCCc1cccc(-c2ccc(F)c(CC(=O)O)c2)c1.CCc1ccc(C(C)(C)C)cc1. The first-order valence-corrected chi connectivity index (χ1v) is 13.6. The highest BCUT2D eigenvalue weighted by atomic mass is 19.1. The zero-order chi connectivity index (χ0) is 28.6. The summed E-state index contributed by atoms with van der Waals surface area (Å²) < 4.78 is 13.8. The van der Waals surface area contributed by atoms with E-state index in [2.05, 4.69) is 57.0 Å². The Morgan fingerprint density at radius 1 is 0.923 bits per heavy atom. The van der Waals surface area contributed by atoms with E-state index < -0.39 is 11.8 Å². The van der Waals surface area contributed by atoms with Crippen LogP contribution in [-0.4, -0.2) is 34.4 Å². The molecule has 0 saturated heterocycles. The lowest BCUT2D eigenvalue weighted by molar-refractivity contribution is -0.136. The first kappa shape index (κ1) is 29.8. The van der Waals surface area contributed by atoms with Gasteiger partial charge in [-0.15, -0.1) is 0 Å². The molecule has 1 aliphatic heterocycles. The molecular formula is C33H39FN2O3. The van der Waals surface area contributed by atoms with Gasteiger partial charge in [-0.05, 0) is 77.1 Å². The molecule has 4 rings (SSSR count). The van der Waals surface area contributed by atoms with Crippen LogP contribution in [0.1, 0.15) is 69.7 Å². The van der Waals surface area contributed by atoms with E-state index in [4.69, 9.17) is 5.11 Å². The number of amidine groups is 1. The van der Waals surface area contributed by atoms with Crippen molar-refractivity contribution >= 4 is 17.8 Å². The molecule has 0 aliphatic carbocycles. The number of aryl methyl sites for hydroxylation is 2. The van der Waals surface area contributed by atoms with Gasteiger partial charge >= 0.3 is 12.0 Å². The summed E-state index contributed by atoms with van der Waals surface area (Å²) in [5.41, 5.74) is 6.14. The van der Waals surface area contributed by atoms with Crippen molar-refractivity contribution in [2.24, 2.45) is 4.99 Å². The highest BCUT2D eigenvalue weighted by molar-refractivity contribution is 6.11. The van der Waals surface area contributed by atoms with Crippen molar-refractivity contribution in [3.63, 3.8) is 0 Å². The number of hydrogen-bond acceptors (Lipinski definition) is 2. The molecule has 39 heavy (non-hydrogen) atoms. The number of carbonyl (C=O) groups excluding carboxylic acids is 1. The second-order valence-corrected chi connectivity index (χ2v) is 10.8. The van der Waals surface area contributed by atoms with Crippen LogP contribution >= 0.6 is 0 Å². The minimum absolute atomic E-state index is 0.164. The van der Waals surface area contributed by atoms with E-state index in [1.54, 1.807) is 17.0 Å². The molecule has 2 amide bonds. The molecule has 0 saturated carbocycles. The third-order valence-corrected chi connectivity index (χ3v) is 6.83. The minimum atomic E-state index is -1.06. The first-order chi connectivity index (χ1) is 18.5. The molecule has 3 aromatic carbocycles. The van der Waals surface area contributed by atoms with Crippen molar-refractivity contribution in [1.29, 1.82) is 0 Å². The summed E-state index contributed by atoms with van der Waals surface area (Å²) in [4.78, 5) is 27.8. The van der Waals surface area contributed by atoms with Crippen molar-refractivity contribution in [1.82, 2.24) is 4.90 Å². The highest BCUT2D eigenvalue weighted by Crippen LogP contribution is 2.25. The largest absolute Gasteiger partial charge is 0.481 e. The third-order valence-electron chi connectivity index (χ3n) is 6.83. The van der Waals surface area contributed by atoms with Crippen LogP contribution in [0.2, 0.25) is 0 Å². The molecule has 0 radical (unpaired) electrons. The maximum absolute atomic E-state index is 13.8. The number of aliphatic imine (C=N–C) groups is 1. The summed E-state index contributed by atoms with van der Waals surface area (Å²) in [6.07, 6.45) is 3.25. The van der Waals surface area contributed by atoms with Crippen LogP contribution < -0.4 is 0 Å². The number of carboxylic acids is 1. The number of rotatable bonds is 9. The molecule has 206 valence electrons. The maximum Gasteiger partial charge on any atom is 0.350 e. The fourth-order valence-electron chi connectivity index (χ4n) is 4.46. The van der Waals surface area contributed by atoms with E-state index in [0.717, 1.165) is 48.2 Å². The van der Waals surface area contributed by atoms with Crippen molar-refractivity contribution in [2.75, 3.05) is 6.54 Å². The molecule has 0 fully saturated rings. The first-order valence-electron chi connectivity index (χ1n) is 13.6. The fraction of sp³-hybridized carbons (Fsp3) is 0.364. The van der Waals surface area contributed by atoms with Gasteiger partial charge in [0, 0.05) is 13.0 Å². The number of carbonyl (C=O) groups is 2. The number of aliphatic carboxylic acids is 1. The number of urea groups is 1. The number of hydrogen-bond donors (Lipinski definition) is 1. The molecule has 1 aliphatic rings. The Morgan fingerprint density at radius 2 is 1.62 bits per heavy atom. The van der Waals surface area contributed by atoms with E-state index in [0.29, 0.717) is 6.54 Å². The van der Waals surface area contributed by atoms with Crippen LogP contribution in [0.4, 0.5) is 9.18 Å². The van der Waals surface area contributed by atoms with Crippen LogP contribution in [0, 0.1) is 5.82 Å². The normalized spacial score (nSPS) is 12.8. The summed E-state index contributed by atoms with van der Waals surface area (Å²) in [6.45, 7) is 11.5. The molecule has 0 unspecified atom stereocenters. The Bertz CT molecular complexity index is 1320. The molecule has 1 N–H and O–H groups in total. The van der Waals surface area contributed by atoms with Gasteiger partial charge in [0.25, 0.3) is 0 Å². The quantitative estimate of drug-likeness (QED) is 0.306. The van der Waals surface area contributed by atoms with Crippen molar-refractivity contribution < 1.29 is 19.1 Å². The third kappa shape index (κ3) is 8.34. The van der Waals surface area contributed by atoms with E-state index in [9.17, 15) is 14.0 Å². The average Bonchev–Trinajstić information content (AvgIpc) is 2.89. The fourth-order valence-corrected chi connectivity index (χ4v) is 4.46. The Morgan fingerprint density at radius 3 is 2.21 bits per heavy atom. The summed E-state index contributed by atoms with van der Waals surface area (Å²) in [6, 6.07) is 21.2. The highest BCUT2D eigenvalue weighted by Gasteiger charge is 2.26. The lowest BCUT2D eigenvalue weighted by atomic mass is 9.86. The molecule has 3 aromatic rings. The molecule has 0 atom stereocenters. The Hall–Kier alpha value is -3.80. The standard InChI is InChI=1S/C21H21FN2O3.C12H18/c1-2-24-19(23-21(24)27)8-4-6-14-5-3-7-15(11-14)16-9-10-18(22)17(12-16)13-20(25)26;1-5-10-6-8-11(9-7-10)12(2,3)4/h3,5,7,9-12H,2,4,6,8,13H2,1H3,(H,25,26);6-9H,5H2,1-4H3. The lowest BCUT2D eigenvalue weighted by Gasteiger charge is -2.27. The molecule has 6 heteroatoms. The van der Waals surface area contributed by atoms with Crippen LogP contribution in [-0.2, 0) is 29.5 Å². The molecule has 1 heterocycles. The number of carboxylic acid groups (broad SMARTS) is 1. The topological polar surface area (TPSA) is 70.0 Å². The van der Waals surface area contributed by atoms with Gasteiger partial charge in [0.05, 0.1) is 6.42 Å². The van der Waals surface area contributed by atoms with Crippen molar-refractivity contribution in [2.45, 2.75) is 72.1 Å². The van der Waals surface area contributed by atoms with Gasteiger partial charge in [-0.1, -0.05) is 82.3 Å². The van der Waals surface area contributed by atoms with Crippen molar-refractivity contribution in [3.05, 3.63) is 94.8 Å². The number of amides is 2. The lowest BCUT2D eigenvalue weighted by Crippen LogP contribution is -2.43. The Balaban J connectivity index is 0.000000293. The van der Waals surface area contributed by atoms with Crippen LogP contribution in [0.25, 0.3) is 11.1 Å². The maximum atomic E-state index is 13.8. The number of nitrogens with zero attached hydrogens (tertiary/aromatic N) is 2. The van der Waals surface area contributed by atoms with Gasteiger partial charge in [0.2, 0.25) is 0 Å². The number of halogens is 1. The van der Waals surface area contributed by atoms with Gasteiger partial charge in [-0.3, -0.25) is 9.69 Å². The van der Waals surface area contributed by atoms with Gasteiger partial charge in [0.1, 0.15) is 11.7 Å². The van der Waals surface area contributed by atoms with Gasteiger partial charge in [-0.2, -0.15) is 4.99 Å². The predicted octanol–water partition coefficient (Wildman–Crippen LogP) is 7.84. The van der Waals surface area contributed by atoms with E-state index in [-0.39, 0.29) is 23.4 Å². The molecular weight excluding hydrogens is 491 g/mol. The van der Waals surface area contributed by atoms with Crippen LogP contribution in [0.5, 0.6) is 0 Å². The summed E-state index contributed by atoms with van der Waals surface area (Å²) in [5, 5.41) is 8.92. The average molecular weight is 531 g/mol. The zero-order valence-corrected chi connectivity index (χ0v) is 23.6. The molecule has 0 bridgehead atoms.